The molecule has 0 spiro atoms. The normalized spacial score (nSPS) is 13.5. The van der Waals surface area contributed by atoms with Crippen molar-refractivity contribution < 1.29 is 8.42 Å². The number of sulfonamides is 1. The van der Waals surface area contributed by atoms with E-state index in [1.54, 1.807) is 25.6 Å². The lowest BCUT2D eigenvalue weighted by molar-refractivity contribution is 0.548. The van der Waals surface area contributed by atoms with Crippen LogP contribution in [0.5, 0.6) is 0 Å². The molecule has 0 radical (unpaired) electrons. The second-order valence-corrected chi connectivity index (χ2v) is 8.18. The second-order valence-electron chi connectivity index (χ2n) is 6.53. The molecule has 1 heterocycles. The summed E-state index contributed by atoms with van der Waals surface area (Å²) in [6, 6.07) is 7.90. The number of nitrogens with one attached hydrogen (secondary N) is 1. The molecule has 2 rings (SSSR count). The fourth-order valence-electron chi connectivity index (χ4n) is 2.89. The minimum Gasteiger partial charge on any atom is -0.271 e. The van der Waals surface area contributed by atoms with Crippen molar-refractivity contribution in [2.75, 3.05) is 0 Å². The molecule has 1 aromatic carbocycles. The van der Waals surface area contributed by atoms with Gasteiger partial charge in [-0.25, -0.2) is 13.1 Å². The first-order valence-electron chi connectivity index (χ1n) is 8.29. The van der Waals surface area contributed by atoms with E-state index in [0.717, 1.165) is 5.56 Å². The molecule has 0 fully saturated rings. The third-order valence-corrected chi connectivity index (χ3v) is 6.15. The van der Waals surface area contributed by atoms with Gasteiger partial charge in [-0.15, -0.1) is 0 Å². The van der Waals surface area contributed by atoms with Gasteiger partial charge in [-0.2, -0.15) is 5.10 Å². The Balaban J connectivity index is 2.32. The number of nitrogens with zero attached hydrogens (tertiary/aromatic N) is 2. The van der Waals surface area contributed by atoms with Crippen LogP contribution in [0.1, 0.15) is 61.7 Å². The zero-order valence-electron chi connectivity index (χ0n) is 15.3. The summed E-state index contributed by atoms with van der Waals surface area (Å²) in [6.45, 7) is 9.76. The van der Waals surface area contributed by atoms with Crippen molar-refractivity contribution in [3.8, 4) is 0 Å². The predicted molar refractivity (Wildman–Crippen MR) is 96.6 cm³/mol. The van der Waals surface area contributed by atoms with Crippen LogP contribution in [0.15, 0.2) is 29.2 Å². The summed E-state index contributed by atoms with van der Waals surface area (Å²) >= 11 is 0. The van der Waals surface area contributed by atoms with Gasteiger partial charge in [0.1, 0.15) is 4.90 Å². The van der Waals surface area contributed by atoms with Gasteiger partial charge < -0.3 is 0 Å². The summed E-state index contributed by atoms with van der Waals surface area (Å²) in [7, 11) is -1.87. The van der Waals surface area contributed by atoms with Crippen LogP contribution in [0.25, 0.3) is 0 Å². The van der Waals surface area contributed by atoms with Crippen LogP contribution in [-0.4, -0.2) is 18.2 Å². The Labute approximate surface area is 145 Å². The molecule has 1 unspecified atom stereocenters. The summed E-state index contributed by atoms with van der Waals surface area (Å²) in [5.41, 5.74) is 3.39. The van der Waals surface area contributed by atoms with E-state index in [9.17, 15) is 8.42 Å². The third-order valence-electron chi connectivity index (χ3n) is 4.42. The Hall–Kier alpha value is -1.66. The lowest BCUT2D eigenvalue weighted by Crippen LogP contribution is -2.29. The highest BCUT2D eigenvalue weighted by molar-refractivity contribution is 7.89. The average molecular weight is 350 g/mol. The Morgan fingerprint density at radius 2 is 1.67 bits per heavy atom. The SMILES string of the molecule is CCC(NS(=O)(=O)c1c(C)nn(C)c1C)c1ccc(C(C)C)cc1. The van der Waals surface area contributed by atoms with Gasteiger partial charge >= 0.3 is 0 Å². The number of hydrogen-bond donors (Lipinski definition) is 1. The van der Waals surface area contributed by atoms with Crippen molar-refractivity contribution in [1.82, 2.24) is 14.5 Å². The van der Waals surface area contributed by atoms with Gasteiger partial charge in [0.2, 0.25) is 10.0 Å². The molecule has 24 heavy (non-hydrogen) atoms. The van der Waals surface area contributed by atoms with E-state index in [2.05, 4.69) is 35.8 Å². The highest BCUT2D eigenvalue weighted by Crippen LogP contribution is 2.25. The summed E-state index contributed by atoms with van der Waals surface area (Å²) in [6.07, 6.45) is 0.679. The molecule has 0 bridgehead atoms. The molecule has 0 saturated carbocycles. The average Bonchev–Trinajstić information content (AvgIpc) is 2.78. The van der Waals surface area contributed by atoms with Crippen LogP contribution in [0, 0.1) is 13.8 Å². The van der Waals surface area contributed by atoms with E-state index < -0.39 is 10.0 Å². The van der Waals surface area contributed by atoms with Gasteiger partial charge in [0.15, 0.2) is 0 Å². The summed E-state index contributed by atoms with van der Waals surface area (Å²) in [5, 5.41) is 4.21. The van der Waals surface area contributed by atoms with E-state index in [-0.39, 0.29) is 10.9 Å². The molecule has 5 nitrogen and oxygen atoms in total. The van der Waals surface area contributed by atoms with Gasteiger partial charge in [-0.05, 0) is 37.3 Å². The molecular formula is C18H27N3O2S. The van der Waals surface area contributed by atoms with Gasteiger partial charge in [-0.3, -0.25) is 4.68 Å². The first-order valence-corrected chi connectivity index (χ1v) is 9.78. The Kier molecular flexibility index (Phi) is 5.50. The number of benzene rings is 1. The fourth-order valence-corrected chi connectivity index (χ4v) is 4.64. The molecule has 0 aliphatic carbocycles. The predicted octanol–water partition coefficient (Wildman–Crippen LogP) is 3.59. The summed E-state index contributed by atoms with van der Waals surface area (Å²) in [5.74, 6) is 0.455. The first kappa shape index (κ1) is 18.7. The van der Waals surface area contributed by atoms with Gasteiger partial charge in [-0.1, -0.05) is 45.0 Å². The molecule has 1 aromatic heterocycles. The molecule has 2 aromatic rings. The zero-order chi connectivity index (χ0) is 18.1. The van der Waals surface area contributed by atoms with Crippen LogP contribution in [0.3, 0.4) is 0 Å². The molecule has 6 heteroatoms. The van der Waals surface area contributed by atoms with Gasteiger partial charge in [0.05, 0.1) is 11.4 Å². The highest BCUT2D eigenvalue weighted by Gasteiger charge is 2.26. The molecule has 132 valence electrons. The van der Waals surface area contributed by atoms with Crippen LogP contribution in [0.4, 0.5) is 0 Å². The van der Waals surface area contributed by atoms with Crippen LogP contribution in [0.2, 0.25) is 0 Å². The van der Waals surface area contributed by atoms with E-state index >= 15 is 0 Å². The topological polar surface area (TPSA) is 64.0 Å². The van der Waals surface area contributed by atoms with E-state index in [4.69, 9.17) is 0 Å². The van der Waals surface area contributed by atoms with Crippen molar-refractivity contribution in [2.24, 2.45) is 7.05 Å². The standard InChI is InChI=1S/C18H27N3O2S/c1-7-17(16-10-8-15(9-11-16)12(2)3)20-24(22,23)18-13(4)19-21(6)14(18)5/h8-12,17,20H,7H2,1-6H3. The summed E-state index contributed by atoms with van der Waals surface area (Å²) < 4.78 is 30.1. The monoisotopic (exact) mass is 349 g/mol. The molecule has 0 amide bonds. The molecule has 1 atom stereocenters. The van der Waals surface area contributed by atoms with Gasteiger partial charge in [0, 0.05) is 13.1 Å². The van der Waals surface area contributed by atoms with Crippen LogP contribution in [-0.2, 0) is 17.1 Å². The summed E-state index contributed by atoms with van der Waals surface area (Å²) in [4.78, 5) is 0.280. The van der Waals surface area contributed by atoms with Crippen molar-refractivity contribution >= 4 is 10.0 Å². The fraction of sp³-hybridized carbons (Fsp3) is 0.500. The zero-order valence-corrected chi connectivity index (χ0v) is 16.1. The van der Waals surface area contributed by atoms with Crippen molar-refractivity contribution in [2.45, 2.75) is 57.9 Å². The molecule has 1 N–H and O–H groups in total. The maximum absolute atomic E-state index is 12.8. The van der Waals surface area contributed by atoms with Crippen molar-refractivity contribution in [3.05, 3.63) is 46.8 Å². The number of hydrogen-bond acceptors (Lipinski definition) is 3. The minimum atomic E-state index is -3.62. The minimum absolute atomic E-state index is 0.254. The van der Waals surface area contributed by atoms with E-state index in [1.165, 1.54) is 5.56 Å². The Morgan fingerprint density at radius 1 is 1.12 bits per heavy atom. The lowest BCUT2D eigenvalue weighted by Gasteiger charge is -2.18. The maximum atomic E-state index is 12.8. The molecule has 0 aliphatic rings. The first-order chi connectivity index (χ1) is 11.2. The Bertz CT molecular complexity index is 806. The van der Waals surface area contributed by atoms with Crippen molar-refractivity contribution in [1.29, 1.82) is 0 Å². The molecule has 0 aliphatic heterocycles. The molecule has 0 saturated heterocycles. The molecular weight excluding hydrogens is 322 g/mol. The third kappa shape index (κ3) is 3.70. The van der Waals surface area contributed by atoms with Gasteiger partial charge in [0.25, 0.3) is 0 Å². The maximum Gasteiger partial charge on any atom is 0.244 e. The van der Waals surface area contributed by atoms with Crippen molar-refractivity contribution in [3.63, 3.8) is 0 Å². The smallest absolute Gasteiger partial charge is 0.244 e. The Morgan fingerprint density at radius 3 is 2.08 bits per heavy atom. The number of aryl methyl sites for hydroxylation is 2. The quantitative estimate of drug-likeness (QED) is 0.867. The van der Waals surface area contributed by atoms with Crippen LogP contribution >= 0.6 is 0 Å². The number of aromatic nitrogens is 2. The van der Waals surface area contributed by atoms with E-state index in [1.807, 2.05) is 19.1 Å². The highest BCUT2D eigenvalue weighted by atomic mass is 32.2. The largest absolute Gasteiger partial charge is 0.271 e. The van der Waals surface area contributed by atoms with Crippen LogP contribution < -0.4 is 4.72 Å². The number of rotatable bonds is 6. The second kappa shape index (κ2) is 7.07. The lowest BCUT2D eigenvalue weighted by atomic mass is 9.98. The van der Waals surface area contributed by atoms with E-state index in [0.29, 0.717) is 23.7 Å².